The van der Waals surface area contributed by atoms with Crippen LogP contribution < -0.4 is 14.8 Å². The highest BCUT2D eigenvalue weighted by atomic mass is 16.5. The number of rotatable bonds is 4. The van der Waals surface area contributed by atoms with E-state index in [-0.39, 0.29) is 6.10 Å². The maximum Gasteiger partial charge on any atom is 0.127 e. The Morgan fingerprint density at radius 2 is 2.10 bits per heavy atom. The smallest absolute Gasteiger partial charge is 0.127 e. The molecule has 0 radical (unpaired) electrons. The first-order valence-corrected chi connectivity index (χ1v) is 7.43. The standard InChI is InChI=1S/C16H23NO3/c1-17-15-10-19-16-9-13(6-7-14(15)16)20-12-5-3-4-11(8-12)18-2/h6-7,9,11-12,15,17H,3-5,8,10H2,1-2H3. The van der Waals surface area contributed by atoms with Crippen molar-refractivity contribution in [3.63, 3.8) is 0 Å². The third-order valence-electron chi connectivity index (χ3n) is 4.33. The van der Waals surface area contributed by atoms with E-state index in [0.717, 1.165) is 30.8 Å². The third-order valence-corrected chi connectivity index (χ3v) is 4.33. The van der Waals surface area contributed by atoms with Gasteiger partial charge in [0.25, 0.3) is 0 Å². The van der Waals surface area contributed by atoms with Crippen molar-refractivity contribution in [1.82, 2.24) is 5.32 Å². The Morgan fingerprint density at radius 1 is 1.25 bits per heavy atom. The van der Waals surface area contributed by atoms with Crippen molar-refractivity contribution in [2.75, 3.05) is 20.8 Å². The van der Waals surface area contributed by atoms with Crippen molar-refractivity contribution < 1.29 is 14.2 Å². The van der Waals surface area contributed by atoms with E-state index in [9.17, 15) is 0 Å². The molecule has 0 saturated heterocycles. The Morgan fingerprint density at radius 3 is 2.90 bits per heavy atom. The molecule has 0 bridgehead atoms. The second kappa shape index (κ2) is 6.02. The number of nitrogens with one attached hydrogen (secondary N) is 1. The van der Waals surface area contributed by atoms with Crippen LogP contribution in [0.15, 0.2) is 18.2 Å². The zero-order chi connectivity index (χ0) is 13.9. The van der Waals surface area contributed by atoms with Crippen molar-refractivity contribution >= 4 is 0 Å². The molecule has 1 aromatic carbocycles. The molecule has 1 aliphatic heterocycles. The van der Waals surface area contributed by atoms with Gasteiger partial charge in [-0.25, -0.2) is 0 Å². The lowest BCUT2D eigenvalue weighted by molar-refractivity contribution is 0.0209. The summed E-state index contributed by atoms with van der Waals surface area (Å²) in [6, 6.07) is 6.47. The molecule has 0 aromatic heterocycles. The quantitative estimate of drug-likeness (QED) is 0.918. The number of benzene rings is 1. The summed E-state index contributed by atoms with van der Waals surface area (Å²) in [5.41, 5.74) is 1.22. The van der Waals surface area contributed by atoms with Crippen LogP contribution in [0.25, 0.3) is 0 Å². The fourth-order valence-corrected chi connectivity index (χ4v) is 3.12. The van der Waals surface area contributed by atoms with Gasteiger partial charge in [-0.15, -0.1) is 0 Å². The van der Waals surface area contributed by atoms with E-state index in [1.54, 1.807) is 7.11 Å². The third kappa shape index (κ3) is 2.76. The summed E-state index contributed by atoms with van der Waals surface area (Å²) in [5, 5.41) is 3.25. The maximum atomic E-state index is 6.10. The molecule has 1 N–H and O–H groups in total. The largest absolute Gasteiger partial charge is 0.491 e. The normalized spacial score (nSPS) is 28.8. The zero-order valence-electron chi connectivity index (χ0n) is 12.2. The first kappa shape index (κ1) is 13.7. The first-order chi connectivity index (χ1) is 9.80. The number of hydrogen-bond acceptors (Lipinski definition) is 4. The summed E-state index contributed by atoms with van der Waals surface area (Å²) < 4.78 is 17.3. The lowest BCUT2D eigenvalue weighted by atomic mass is 9.95. The fourth-order valence-electron chi connectivity index (χ4n) is 3.12. The molecule has 1 fully saturated rings. The molecular weight excluding hydrogens is 254 g/mol. The van der Waals surface area contributed by atoms with Gasteiger partial charge in [0.15, 0.2) is 0 Å². The molecule has 3 unspecified atom stereocenters. The van der Waals surface area contributed by atoms with Gasteiger partial charge in [-0.05, 0) is 38.4 Å². The van der Waals surface area contributed by atoms with Crippen LogP contribution in [-0.2, 0) is 4.74 Å². The molecule has 1 aromatic rings. The molecule has 3 rings (SSSR count). The summed E-state index contributed by atoms with van der Waals surface area (Å²) in [5.74, 6) is 1.85. The van der Waals surface area contributed by atoms with Gasteiger partial charge in [0.2, 0.25) is 0 Å². The van der Waals surface area contributed by atoms with Crippen LogP contribution in [0.2, 0.25) is 0 Å². The van der Waals surface area contributed by atoms with Crippen LogP contribution in [-0.4, -0.2) is 33.0 Å². The molecule has 1 saturated carbocycles. The van der Waals surface area contributed by atoms with E-state index in [4.69, 9.17) is 14.2 Å². The Kier molecular flexibility index (Phi) is 4.13. The van der Waals surface area contributed by atoms with Crippen LogP contribution in [0, 0.1) is 0 Å². The predicted octanol–water partition coefficient (Wildman–Crippen LogP) is 2.68. The molecule has 1 aliphatic carbocycles. The topological polar surface area (TPSA) is 39.7 Å². The summed E-state index contributed by atoms with van der Waals surface area (Å²) in [6.45, 7) is 0.699. The number of ether oxygens (including phenoxy) is 3. The monoisotopic (exact) mass is 277 g/mol. The highest BCUT2D eigenvalue weighted by Gasteiger charge is 2.25. The van der Waals surface area contributed by atoms with Crippen LogP contribution >= 0.6 is 0 Å². The highest BCUT2D eigenvalue weighted by Crippen LogP contribution is 2.36. The van der Waals surface area contributed by atoms with Gasteiger partial charge in [0.1, 0.15) is 24.2 Å². The van der Waals surface area contributed by atoms with E-state index in [0.29, 0.717) is 18.8 Å². The van der Waals surface area contributed by atoms with Gasteiger partial charge in [0.05, 0.1) is 12.1 Å². The SMILES string of the molecule is CNC1COc2cc(OC3CCCC(OC)C3)ccc21. The lowest BCUT2D eigenvalue weighted by Gasteiger charge is -2.28. The molecule has 4 nitrogen and oxygen atoms in total. The molecule has 1 heterocycles. The van der Waals surface area contributed by atoms with Gasteiger partial charge in [-0.2, -0.15) is 0 Å². The molecule has 0 spiro atoms. The van der Waals surface area contributed by atoms with E-state index < -0.39 is 0 Å². The van der Waals surface area contributed by atoms with Crippen molar-refractivity contribution in [3.8, 4) is 11.5 Å². The van der Waals surface area contributed by atoms with E-state index >= 15 is 0 Å². The molecule has 110 valence electrons. The number of fused-ring (bicyclic) bond motifs is 1. The molecule has 4 heteroatoms. The lowest BCUT2D eigenvalue weighted by Crippen LogP contribution is -2.29. The van der Waals surface area contributed by atoms with Crippen molar-refractivity contribution in [2.45, 2.75) is 43.9 Å². The number of methoxy groups -OCH3 is 1. The molecule has 3 atom stereocenters. The van der Waals surface area contributed by atoms with Gasteiger partial charge in [-0.1, -0.05) is 0 Å². The fraction of sp³-hybridized carbons (Fsp3) is 0.625. The van der Waals surface area contributed by atoms with Gasteiger partial charge >= 0.3 is 0 Å². The second-order valence-electron chi connectivity index (χ2n) is 5.62. The molecule has 2 aliphatic rings. The van der Waals surface area contributed by atoms with Crippen molar-refractivity contribution in [3.05, 3.63) is 23.8 Å². The Bertz CT molecular complexity index is 463. The summed E-state index contributed by atoms with van der Waals surface area (Å²) >= 11 is 0. The molecule has 0 amide bonds. The summed E-state index contributed by atoms with van der Waals surface area (Å²) in [6.07, 6.45) is 5.01. The first-order valence-electron chi connectivity index (χ1n) is 7.43. The summed E-state index contributed by atoms with van der Waals surface area (Å²) in [7, 11) is 3.74. The minimum Gasteiger partial charge on any atom is -0.491 e. The van der Waals surface area contributed by atoms with Gasteiger partial charge in [0, 0.05) is 25.2 Å². The Labute approximate surface area is 120 Å². The Balaban J connectivity index is 1.66. The van der Waals surface area contributed by atoms with Crippen molar-refractivity contribution in [2.24, 2.45) is 0 Å². The van der Waals surface area contributed by atoms with Crippen molar-refractivity contribution in [1.29, 1.82) is 0 Å². The van der Waals surface area contributed by atoms with Crippen LogP contribution in [0.4, 0.5) is 0 Å². The minimum absolute atomic E-state index is 0.258. The van der Waals surface area contributed by atoms with E-state index in [1.165, 1.54) is 12.0 Å². The van der Waals surface area contributed by atoms with Crippen LogP contribution in [0.1, 0.15) is 37.3 Å². The maximum absolute atomic E-state index is 6.10. The number of hydrogen-bond donors (Lipinski definition) is 1. The zero-order valence-corrected chi connectivity index (χ0v) is 12.2. The molecular formula is C16H23NO3. The van der Waals surface area contributed by atoms with E-state index in [2.05, 4.69) is 11.4 Å². The average Bonchev–Trinajstić information content (AvgIpc) is 2.89. The minimum atomic E-state index is 0.258. The Hall–Kier alpha value is -1.26. The number of likely N-dealkylation sites (N-methyl/N-ethyl adjacent to an activating group) is 1. The van der Waals surface area contributed by atoms with E-state index in [1.807, 2.05) is 19.2 Å². The van der Waals surface area contributed by atoms with Gasteiger partial charge < -0.3 is 19.5 Å². The highest BCUT2D eigenvalue weighted by molar-refractivity contribution is 5.45. The average molecular weight is 277 g/mol. The predicted molar refractivity (Wildman–Crippen MR) is 77.4 cm³/mol. The second-order valence-corrected chi connectivity index (χ2v) is 5.62. The van der Waals surface area contributed by atoms with Crippen LogP contribution in [0.3, 0.4) is 0 Å². The summed E-state index contributed by atoms with van der Waals surface area (Å²) in [4.78, 5) is 0. The van der Waals surface area contributed by atoms with Crippen LogP contribution in [0.5, 0.6) is 11.5 Å². The van der Waals surface area contributed by atoms with Gasteiger partial charge in [-0.3, -0.25) is 0 Å². The molecule has 20 heavy (non-hydrogen) atoms.